The van der Waals surface area contributed by atoms with Crippen LogP contribution in [0.1, 0.15) is 24.4 Å². The van der Waals surface area contributed by atoms with Gasteiger partial charge in [-0.2, -0.15) is 0 Å². The molecule has 0 aliphatic carbocycles. The maximum absolute atomic E-state index is 5.05. The van der Waals surface area contributed by atoms with E-state index in [1.165, 1.54) is 24.9 Å². The van der Waals surface area contributed by atoms with Crippen LogP contribution in [0, 0.1) is 0 Å². The molecule has 1 saturated heterocycles. The van der Waals surface area contributed by atoms with Gasteiger partial charge in [-0.1, -0.05) is 0 Å². The van der Waals surface area contributed by atoms with E-state index in [2.05, 4.69) is 18.0 Å². The predicted octanol–water partition coefficient (Wildman–Crippen LogP) is 2.05. The topological polar surface area (TPSA) is 16.4 Å². The number of hydrogen-bond acceptors (Lipinski definition) is 2. The van der Waals surface area contributed by atoms with Crippen molar-refractivity contribution in [3.8, 4) is 0 Å². The van der Waals surface area contributed by atoms with Crippen LogP contribution >= 0.6 is 0 Å². The van der Waals surface area contributed by atoms with Gasteiger partial charge in [-0.05, 0) is 32.5 Å². The van der Waals surface area contributed by atoms with Crippen molar-refractivity contribution in [1.82, 2.24) is 4.90 Å². The van der Waals surface area contributed by atoms with E-state index < -0.39 is 0 Å². The fourth-order valence-corrected chi connectivity index (χ4v) is 1.80. The fraction of sp³-hybridized carbons (Fsp3) is 0.556. The van der Waals surface area contributed by atoms with E-state index >= 15 is 0 Å². The molecule has 1 aliphatic heterocycles. The first kappa shape index (κ1) is 6.92. The predicted molar refractivity (Wildman–Crippen MR) is 43.3 cm³/mol. The summed E-state index contributed by atoms with van der Waals surface area (Å²) in [5.74, 6) is 0. The molecule has 60 valence electrons. The van der Waals surface area contributed by atoms with Crippen molar-refractivity contribution in [3.63, 3.8) is 0 Å². The highest BCUT2D eigenvalue weighted by atomic mass is 16.3. The van der Waals surface area contributed by atoms with Crippen LogP contribution in [0.15, 0.2) is 23.0 Å². The van der Waals surface area contributed by atoms with Crippen molar-refractivity contribution < 1.29 is 4.42 Å². The molecule has 2 nitrogen and oxygen atoms in total. The van der Waals surface area contributed by atoms with Gasteiger partial charge >= 0.3 is 0 Å². The first-order valence-electron chi connectivity index (χ1n) is 4.10. The Kier molecular flexibility index (Phi) is 1.70. The molecule has 0 amide bonds. The van der Waals surface area contributed by atoms with Gasteiger partial charge in [0.1, 0.15) is 0 Å². The van der Waals surface area contributed by atoms with E-state index in [-0.39, 0.29) is 0 Å². The van der Waals surface area contributed by atoms with Gasteiger partial charge in [0.2, 0.25) is 0 Å². The van der Waals surface area contributed by atoms with Crippen LogP contribution in [0.5, 0.6) is 0 Å². The number of likely N-dealkylation sites (tertiary alicyclic amines) is 1. The minimum atomic E-state index is 0.605. The third-order valence-electron chi connectivity index (χ3n) is 2.45. The highest BCUT2D eigenvalue weighted by Gasteiger charge is 2.22. The highest BCUT2D eigenvalue weighted by molar-refractivity contribution is 5.12. The number of hydrogen-bond donors (Lipinski definition) is 0. The SMILES string of the molecule is CN1CCC[C@@H]1c1ccoc1. The molecule has 11 heavy (non-hydrogen) atoms. The van der Waals surface area contributed by atoms with Crippen LogP contribution in [0.3, 0.4) is 0 Å². The van der Waals surface area contributed by atoms with Crippen LogP contribution in [-0.2, 0) is 0 Å². The molecule has 1 aromatic rings. The zero-order chi connectivity index (χ0) is 7.68. The Bertz CT molecular complexity index is 217. The van der Waals surface area contributed by atoms with Gasteiger partial charge in [-0.25, -0.2) is 0 Å². The lowest BCUT2D eigenvalue weighted by Gasteiger charge is -2.16. The Balaban J connectivity index is 2.16. The van der Waals surface area contributed by atoms with Crippen molar-refractivity contribution >= 4 is 0 Å². The molecule has 0 unspecified atom stereocenters. The first-order valence-corrected chi connectivity index (χ1v) is 4.10. The Hall–Kier alpha value is -0.760. The molecule has 0 N–H and O–H groups in total. The van der Waals surface area contributed by atoms with Gasteiger partial charge in [0, 0.05) is 11.6 Å². The third kappa shape index (κ3) is 1.18. The zero-order valence-corrected chi connectivity index (χ0v) is 6.79. The second-order valence-electron chi connectivity index (χ2n) is 3.20. The van der Waals surface area contributed by atoms with Crippen molar-refractivity contribution in [2.45, 2.75) is 18.9 Å². The summed E-state index contributed by atoms with van der Waals surface area (Å²) < 4.78 is 5.05. The van der Waals surface area contributed by atoms with Gasteiger partial charge in [0.05, 0.1) is 12.5 Å². The summed E-state index contributed by atoms with van der Waals surface area (Å²) in [6.45, 7) is 1.22. The van der Waals surface area contributed by atoms with Gasteiger partial charge in [-0.3, -0.25) is 4.90 Å². The van der Waals surface area contributed by atoms with E-state index in [0.717, 1.165) is 0 Å². The second-order valence-corrected chi connectivity index (χ2v) is 3.20. The van der Waals surface area contributed by atoms with Gasteiger partial charge in [-0.15, -0.1) is 0 Å². The summed E-state index contributed by atoms with van der Waals surface area (Å²) in [6.07, 6.45) is 6.19. The number of rotatable bonds is 1. The molecule has 2 heteroatoms. The highest BCUT2D eigenvalue weighted by Crippen LogP contribution is 2.29. The Labute approximate surface area is 66.8 Å². The van der Waals surface area contributed by atoms with Crippen LogP contribution in [0.25, 0.3) is 0 Å². The quantitative estimate of drug-likeness (QED) is 0.610. The second kappa shape index (κ2) is 2.70. The van der Waals surface area contributed by atoms with Crippen LogP contribution in [-0.4, -0.2) is 18.5 Å². The average molecular weight is 151 g/mol. The summed E-state index contributed by atoms with van der Waals surface area (Å²) in [4.78, 5) is 2.38. The summed E-state index contributed by atoms with van der Waals surface area (Å²) in [5, 5.41) is 0. The first-order chi connectivity index (χ1) is 5.38. The Morgan fingerprint density at radius 1 is 1.64 bits per heavy atom. The fourth-order valence-electron chi connectivity index (χ4n) is 1.80. The smallest absolute Gasteiger partial charge is 0.0950 e. The van der Waals surface area contributed by atoms with Crippen molar-refractivity contribution in [2.24, 2.45) is 0 Å². The number of nitrogens with zero attached hydrogens (tertiary/aromatic N) is 1. The molecule has 1 fully saturated rings. The van der Waals surface area contributed by atoms with Gasteiger partial charge < -0.3 is 4.42 Å². The van der Waals surface area contributed by atoms with Crippen molar-refractivity contribution in [2.75, 3.05) is 13.6 Å². The van der Waals surface area contributed by atoms with Crippen LogP contribution < -0.4 is 0 Å². The van der Waals surface area contributed by atoms with Crippen molar-refractivity contribution in [3.05, 3.63) is 24.2 Å². The maximum atomic E-state index is 5.05. The molecule has 0 radical (unpaired) electrons. The lowest BCUT2D eigenvalue weighted by molar-refractivity contribution is 0.316. The van der Waals surface area contributed by atoms with E-state index in [9.17, 15) is 0 Å². The molecule has 0 saturated carbocycles. The molecule has 0 bridgehead atoms. The third-order valence-corrected chi connectivity index (χ3v) is 2.45. The van der Waals surface area contributed by atoms with E-state index in [1.807, 2.05) is 6.26 Å². The Morgan fingerprint density at radius 3 is 3.09 bits per heavy atom. The summed E-state index contributed by atoms with van der Waals surface area (Å²) in [5.41, 5.74) is 1.32. The summed E-state index contributed by atoms with van der Waals surface area (Å²) in [6, 6.07) is 2.67. The average Bonchev–Trinajstić information content (AvgIpc) is 2.55. The molecule has 2 heterocycles. The van der Waals surface area contributed by atoms with E-state index in [1.54, 1.807) is 6.26 Å². The molecular formula is C9H13NO. The van der Waals surface area contributed by atoms with E-state index in [4.69, 9.17) is 4.42 Å². The zero-order valence-electron chi connectivity index (χ0n) is 6.79. The maximum Gasteiger partial charge on any atom is 0.0950 e. The molecule has 0 aromatic carbocycles. The lowest BCUT2D eigenvalue weighted by Crippen LogP contribution is -2.16. The minimum Gasteiger partial charge on any atom is -0.472 e. The molecular weight excluding hydrogens is 138 g/mol. The standard InChI is InChI=1S/C9H13NO/c1-10-5-2-3-9(10)8-4-6-11-7-8/h4,6-7,9H,2-3,5H2,1H3/t9-/m1/s1. The van der Waals surface area contributed by atoms with Gasteiger partial charge in [0.15, 0.2) is 0 Å². The normalized spacial score (nSPS) is 26.1. The minimum absolute atomic E-state index is 0.605. The van der Waals surface area contributed by atoms with Gasteiger partial charge in [0.25, 0.3) is 0 Å². The molecule has 1 atom stereocenters. The van der Waals surface area contributed by atoms with Crippen LogP contribution in [0.4, 0.5) is 0 Å². The largest absolute Gasteiger partial charge is 0.472 e. The monoisotopic (exact) mass is 151 g/mol. The molecule has 1 aliphatic rings. The summed E-state index contributed by atoms with van der Waals surface area (Å²) >= 11 is 0. The molecule has 2 rings (SSSR count). The Morgan fingerprint density at radius 2 is 2.55 bits per heavy atom. The summed E-state index contributed by atoms with van der Waals surface area (Å²) in [7, 11) is 2.17. The van der Waals surface area contributed by atoms with Crippen LogP contribution in [0.2, 0.25) is 0 Å². The molecule has 1 aromatic heterocycles. The number of furan rings is 1. The lowest BCUT2D eigenvalue weighted by atomic mass is 10.1. The van der Waals surface area contributed by atoms with E-state index in [0.29, 0.717) is 6.04 Å². The molecule has 0 spiro atoms. The van der Waals surface area contributed by atoms with Crippen molar-refractivity contribution in [1.29, 1.82) is 0 Å².